The van der Waals surface area contributed by atoms with E-state index in [0.717, 1.165) is 4.68 Å². The molecule has 1 aromatic rings. The van der Waals surface area contributed by atoms with Gasteiger partial charge in [-0.25, -0.2) is 8.78 Å². The highest BCUT2D eigenvalue weighted by Crippen LogP contribution is 2.07. The van der Waals surface area contributed by atoms with Gasteiger partial charge < -0.3 is 0 Å². The number of hydrogen-bond donors (Lipinski definition) is 0. The number of hydrogen-bond acceptors (Lipinski definition) is 2. The number of carbonyl (C=O) groups is 1. The zero-order chi connectivity index (χ0) is 9.14. The third-order valence-electron chi connectivity index (χ3n) is 1.21. The predicted octanol–water partition coefficient (Wildman–Crippen LogP) is 1.57. The summed E-state index contributed by atoms with van der Waals surface area (Å²) in [5.74, 6) is 0. The van der Waals surface area contributed by atoms with E-state index in [-0.39, 0.29) is 5.69 Å². The number of rotatable bonds is 3. The summed E-state index contributed by atoms with van der Waals surface area (Å²) >= 11 is 1.86. The van der Waals surface area contributed by atoms with E-state index in [1.165, 1.54) is 6.07 Å². The van der Waals surface area contributed by atoms with Crippen LogP contribution in [0.2, 0.25) is 0 Å². The van der Waals surface area contributed by atoms with Gasteiger partial charge in [-0.05, 0) is 22.6 Å². The van der Waals surface area contributed by atoms with Crippen molar-refractivity contribution < 1.29 is 13.6 Å². The zero-order valence-electron chi connectivity index (χ0n) is 5.88. The summed E-state index contributed by atoms with van der Waals surface area (Å²) in [6, 6.07) is 1.45. The van der Waals surface area contributed by atoms with Crippen LogP contribution in [0.15, 0.2) is 6.07 Å². The Bertz CT molecular complexity index is 287. The van der Waals surface area contributed by atoms with E-state index in [9.17, 15) is 13.6 Å². The van der Waals surface area contributed by atoms with Crippen LogP contribution in [-0.4, -0.2) is 22.5 Å². The summed E-state index contributed by atoms with van der Waals surface area (Å²) in [6.07, 6.45) is -1.98. The van der Waals surface area contributed by atoms with Gasteiger partial charge in [0.15, 0.2) is 6.29 Å². The fourth-order valence-electron chi connectivity index (χ4n) is 0.770. The standard InChI is InChI=1S/C6H5F2IN2O/c7-5(8)2-11-4(3-12)1-6(9)10-11/h1,3,5H,2H2. The highest BCUT2D eigenvalue weighted by Gasteiger charge is 2.09. The van der Waals surface area contributed by atoms with Gasteiger partial charge in [-0.1, -0.05) is 0 Å². The summed E-state index contributed by atoms with van der Waals surface area (Å²) in [7, 11) is 0. The van der Waals surface area contributed by atoms with Crippen LogP contribution in [0.1, 0.15) is 10.5 Å². The van der Waals surface area contributed by atoms with Gasteiger partial charge in [0.1, 0.15) is 15.9 Å². The first-order valence-corrected chi connectivity index (χ1v) is 4.18. The molecule has 1 aromatic heterocycles. The Labute approximate surface area is 80.9 Å². The van der Waals surface area contributed by atoms with Crippen LogP contribution in [0.3, 0.4) is 0 Å². The Balaban J connectivity index is 2.89. The second kappa shape index (κ2) is 3.92. The average Bonchev–Trinajstić information content (AvgIpc) is 2.29. The Kier molecular flexibility index (Phi) is 3.12. The number of nitrogens with zero attached hydrogens (tertiary/aromatic N) is 2. The van der Waals surface area contributed by atoms with E-state index in [0.29, 0.717) is 9.99 Å². The lowest BCUT2D eigenvalue weighted by atomic mass is 10.5. The lowest BCUT2D eigenvalue weighted by molar-refractivity contribution is 0.108. The summed E-state index contributed by atoms with van der Waals surface area (Å²) in [6.45, 7) is -0.531. The molecule has 0 spiro atoms. The SMILES string of the molecule is O=Cc1cc(I)nn1CC(F)F. The van der Waals surface area contributed by atoms with Crippen LogP contribution in [0.5, 0.6) is 0 Å². The molecule has 0 bridgehead atoms. The van der Waals surface area contributed by atoms with Gasteiger partial charge >= 0.3 is 0 Å². The summed E-state index contributed by atoms with van der Waals surface area (Å²) in [4.78, 5) is 10.3. The van der Waals surface area contributed by atoms with E-state index in [1.54, 1.807) is 0 Å². The summed E-state index contributed by atoms with van der Waals surface area (Å²) in [5.41, 5.74) is 0.180. The quantitative estimate of drug-likeness (QED) is 0.624. The van der Waals surface area contributed by atoms with Crippen LogP contribution in [0.25, 0.3) is 0 Å². The molecule has 0 aromatic carbocycles. The minimum Gasteiger partial charge on any atom is -0.296 e. The number of alkyl halides is 2. The first-order valence-electron chi connectivity index (χ1n) is 3.10. The molecule has 1 heterocycles. The van der Waals surface area contributed by atoms with E-state index in [1.807, 2.05) is 22.6 Å². The third kappa shape index (κ3) is 2.23. The summed E-state index contributed by atoms with van der Waals surface area (Å²) < 4.78 is 25.3. The largest absolute Gasteiger partial charge is 0.296 e. The van der Waals surface area contributed by atoms with Gasteiger partial charge in [0.25, 0.3) is 6.43 Å². The Morgan fingerprint density at radius 2 is 2.42 bits per heavy atom. The third-order valence-corrected chi connectivity index (χ3v) is 1.74. The van der Waals surface area contributed by atoms with Gasteiger partial charge in [-0.3, -0.25) is 9.48 Å². The van der Waals surface area contributed by atoms with E-state index < -0.39 is 13.0 Å². The molecule has 1 rings (SSSR count). The molecule has 0 saturated heterocycles. The van der Waals surface area contributed by atoms with E-state index in [4.69, 9.17) is 0 Å². The Hall–Kier alpha value is -0.530. The van der Waals surface area contributed by atoms with Gasteiger partial charge in [0.2, 0.25) is 0 Å². The lowest BCUT2D eigenvalue weighted by Crippen LogP contribution is -2.10. The Morgan fingerprint density at radius 3 is 2.92 bits per heavy atom. The second-order valence-electron chi connectivity index (χ2n) is 2.08. The molecule has 0 N–H and O–H groups in total. The first-order chi connectivity index (χ1) is 5.63. The number of carbonyl (C=O) groups excluding carboxylic acids is 1. The Morgan fingerprint density at radius 1 is 1.75 bits per heavy atom. The monoisotopic (exact) mass is 286 g/mol. The van der Waals surface area contributed by atoms with Gasteiger partial charge in [0.05, 0.1) is 0 Å². The highest BCUT2D eigenvalue weighted by atomic mass is 127. The molecule has 3 nitrogen and oxygen atoms in total. The fourth-order valence-corrected chi connectivity index (χ4v) is 1.35. The molecule has 12 heavy (non-hydrogen) atoms. The topological polar surface area (TPSA) is 34.9 Å². The van der Waals surface area contributed by atoms with Crippen molar-refractivity contribution >= 4 is 28.9 Å². The minimum absolute atomic E-state index is 0.180. The van der Waals surface area contributed by atoms with Crippen molar-refractivity contribution in [2.24, 2.45) is 0 Å². The van der Waals surface area contributed by atoms with Crippen molar-refractivity contribution in [3.63, 3.8) is 0 Å². The molecule has 0 radical (unpaired) electrons. The van der Waals surface area contributed by atoms with Crippen molar-refractivity contribution in [3.05, 3.63) is 15.5 Å². The van der Waals surface area contributed by atoms with Crippen LogP contribution in [0.4, 0.5) is 8.78 Å². The molecular weight excluding hydrogens is 281 g/mol. The van der Waals surface area contributed by atoms with E-state index in [2.05, 4.69) is 5.10 Å². The maximum Gasteiger partial charge on any atom is 0.257 e. The van der Waals surface area contributed by atoms with Crippen LogP contribution in [0, 0.1) is 3.70 Å². The minimum atomic E-state index is -2.49. The number of halogens is 3. The highest BCUT2D eigenvalue weighted by molar-refractivity contribution is 14.1. The predicted molar refractivity (Wildman–Crippen MR) is 46.3 cm³/mol. The second-order valence-corrected chi connectivity index (χ2v) is 3.19. The normalized spacial score (nSPS) is 10.7. The maximum absolute atomic E-state index is 11.9. The molecule has 0 amide bonds. The molecule has 0 aliphatic heterocycles. The number of aromatic nitrogens is 2. The molecule has 0 atom stereocenters. The molecule has 0 fully saturated rings. The van der Waals surface area contributed by atoms with Crippen molar-refractivity contribution in [1.29, 1.82) is 0 Å². The van der Waals surface area contributed by atoms with E-state index >= 15 is 0 Å². The smallest absolute Gasteiger partial charge is 0.257 e. The number of aldehydes is 1. The summed E-state index contributed by atoms with van der Waals surface area (Å²) in [5, 5.41) is 3.71. The van der Waals surface area contributed by atoms with Crippen molar-refractivity contribution in [1.82, 2.24) is 9.78 Å². The van der Waals surface area contributed by atoms with Crippen LogP contribution < -0.4 is 0 Å². The maximum atomic E-state index is 11.9. The molecule has 66 valence electrons. The van der Waals surface area contributed by atoms with Gasteiger partial charge in [-0.15, -0.1) is 0 Å². The molecule has 0 unspecified atom stereocenters. The lowest BCUT2D eigenvalue weighted by Gasteiger charge is -2.00. The van der Waals surface area contributed by atoms with Gasteiger partial charge in [0, 0.05) is 6.07 Å². The van der Waals surface area contributed by atoms with Gasteiger partial charge in [-0.2, -0.15) is 5.10 Å². The molecule has 0 saturated carbocycles. The molecule has 0 aliphatic carbocycles. The first kappa shape index (κ1) is 9.56. The van der Waals surface area contributed by atoms with Crippen molar-refractivity contribution in [2.75, 3.05) is 0 Å². The molecule has 0 aliphatic rings. The van der Waals surface area contributed by atoms with Crippen LogP contribution >= 0.6 is 22.6 Å². The zero-order valence-corrected chi connectivity index (χ0v) is 8.03. The van der Waals surface area contributed by atoms with Crippen LogP contribution in [-0.2, 0) is 6.54 Å². The molecule has 6 heteroatoms. The fraction of sp³-hybridized carbons (Fsp3) is 0.333. The van der Waals surface area contributed by atoms with Crippen molar-refractivity contribution in [2.45, 2.75) is 13.0 Å². The molecular formula is C6H5F2IN2O. The average molecular weight is 286 g/mol. The van der Waals surface area contributed by atoms with Crippen molar-refractivity contribution in [3.8, 4) is 0 Å².